The molecule has 0 unspecified atom stereocenters. The van der Waals surface area contributed by atoms with Crippen LogP contribution in [0.1, 0.15) is 35.4 Å². The maximum absolute atomic E-state index is 14.5. The van der Waals surface area contributed by atoms with E-state index < -0.39 is 0 Å². The molecule has 29 heavy (non-hydrogen) atoms. The number of aliphatic imine (C=N–C) groups is 1. The van der Waals surface area contributed by atoms with Crippen molar-refractivity contribution in [1.29, 1.82) is 5.41 Å². The van der Waals surface area contributed by atoms with Crippen LogP contribution in [0.5, 0.6) is 0 Å². The molecule has 2 aromatic heterocycles. The lowest BCUT2D eigenvalue weighted by Gasteiger charge is -2.30. The zero-order chi connectivity index (χ0) is 20.5. The number of fused-ring (bicyclic) bond motifs is 1. The summed E-state index contributed by atoms with van der Waals surface area (Å²) in [5, 5.41) is 12.2. The van der Waals surface area contributed by atoms with Gasteiger partial charge in [-0.25, -0.2) is 14.4 Å². The predicted molar refractivity (Wildman–Crippen MR) is 111 cm³/mol. The lowest BCUT2D eigenvalue weighted by Crippen LogP contribution is -2.37. The lowest BCUT2D eigenvalue weighted by atomic mass is 10.0. The van der Waals surface area contributed by atoms with Crippen LogP contribution in [0, 0.1) is 18.2 Å². The number of hydrogen-bond acceptors (Lipinski definition) is 3. The number of amidine groups is 1. The summed E-state index contributed by atoms with van der Waals surface area (Å²) in [6, 6.07) is 6.58. The van der Waals surface area contributed by atoms with Crippen molar-refractivity contribution in [2.24, 2.45) is 12.0 Å². The van der Waals surface area contributed by atoms with Crippen LogP contribution in [0.25, 0.3) is 11.3 Å². The summed E-state index contributed by atoms with van der Waals surface area (Å²) in [5.41, 5.74) is 5.08. The molecule has 0 radical (unpaired) electrons. The van der Waals surface area contributed by atoms with Gasteiger partial charge in [-0.2, -0.15) is 5.10 Å². The molecular formula is C21H24FN7. The van der Waals surface area contributed by atoms with Gasteiger partial charge in [-0.15, -0.1) is 0 Å². The van der Waals surface area contributed by atoms with E-state index in [9.17, 15) is 4.39 Å². The largest absolute Gasteiger partial charge is 0.350 e. The third-order valence-corrected chi connectivity index (χ3v) is 5.32. The summed E-state index contributed by atoms with van der Waals surface area (Å²) < 4.78 is 16.5. The summed E-state index contributed by atoms with van der Waals surface area (Å²) >= 11 is 0. The van der Waals surface area contributed by atoms with Crippen LogP contribution in [0.15, 0.2) is 29.3 Å². The summed E-state index contributed by atoms with van der Waals surface area (Å²) in [7, 11) is 1.98. The third kappa shape index (κ3) is 3.35. The van der Waals surface area contributed by atoms with Crippen LogP contribution in [-0.4, -0.2) is 43.4 Å². The predicted octanol–water partition coefficient (Wildman–Crippen LogP) is 3.23. The van der Waals surface area contributed by atoms with E-state index in [0.717, 1.165) is 31.4 Å². The van der Waals surface area contributed by atoms with E-state index >= 15 is 0 Å². The van der Waals surface area contributed by atoms with Crippen LogP contribution in [0.3, 0.4) is 0 Å². The number of nitrogens with zero attached hydrogens (tertiary/aromatic N) is 5. The highest BCUT2D eigenvalue weighted by Crippen LogP contribution is 2.29. The van der Waals surface area contributed by atoms with E-state index in [2.05, 4.69) is 31.9 Å². The fourth-order valence-electron chi connectivity index (χ4n) is 4.00. The highest BCUT2D eigenvalue weighted by atomic mass is 19.1. The number of rotatable bonds is 4. The molecule has 1 aliphatic heterocycles. The molecule has 0 atom stereocenters. The molecule has 8 heteroatoms. The standard InChI is InChI=1S/C21H24FN7/c1-4-17-15-11-29(10-9-18(15)28(3)27-17)21(24-12-23)20-19(25-13(2)26-20)14-7-5-6-8-16(14)22/h5-8,12,23H,4,9-11H2,1-3H3,(H,25,26)/b23-12?,24-21+. The maximum Gasteiger partial charge on any atom is 0.156 e. The Kier molecular flexibility index (Phi) is 5.00. The third-order valence-electron chi connectivity index (χ3n) is 5.32. The topological polar surface area (TPSA) is 86.0 Å². The zero-order valence-electron chi connectivity index (χ0n) is 16.8. The van der Waals surface area contributed by atoms with E-state index in [0.29, 0.717) is 35.2 Å². The van der Waals surface area contributed by atoms with Gasteiger partial charge in [-0.05, 0) is 25.5 Å². The van der Waals surface area contributed by atoms with Crippen molar-refractivity contribution < 1.29 is 4.39 Å². The van der Waals surface area contributed by atoms with Crippen molar-refractivity contribution in [3.63, 3.8) is 0 Å². The van der Waals surface area contributed by atoms with E-state index in [4.69, 9.17) is 5.41 Å². The van der Waals surface area contributed by atoms with Gasteiger partial charge in [0.05, 0.1) is 5.69 Å². The first kappa shape index (κ1) is 19.0. The van der Waals surface area contributed by atoms with Crippen LogP contribution < -0.4 is 0 Å². The van der Waals surface area contributed by atoms with Crippen molar-refractivity contribution in [3.05, 3.63) is 58.6 Å². The molecule has 0 spiro atoms. The fourth-order valence-corrected chi connectivity index (χ4v) is 4.00. The molecule has 0 aliphatic carbocycles. The molecule has 3 aromatic rings. The van der Waals surface area contributed by atoms with E-state index in [-0.39, 0.29) is 5.82 Å². The van der Waals surface area contributed by atoms with Crippen LogP contribution in [-0.2, 0) is 26.4 Å². The molecule has 4 rings (SSSR count). The summed E-state index contributed by atoms with van der Waals surface area (Å²) in [4.78, 5) is 14.2. The Balaban J connectivity index is 1.78. The molecule has 0 amide bonds. The Morgan fingerprint density at radius 3 is 2.90 bits per heavy atom. The second-order valence-corrected chi connectivity index (χ2v) is 7.13. The van der Waals surface area contributed by atoms with Gasteiger partial charge in [0.15, 0.2) is 5.84 Å². The first-order valence-corrected chi connectivity index (χ1v) is 9.70. The molecule has 0 saturated heterocycles. The van der Waals surface area contributed by atoms with Crippen LogP contribution in [0.2, 0.25) is 0 Å². The molecule has 150 valence electrons. The van der Waals surface area contributed by atoms with E-state index in [1.165, 1.54) is 17.3 Å². The number of aromatic amines is 1. The second kappa shape index (κ2) is 7.62. The van der Waals surface area contributed by atoms with Crippen molar-refractivity contribution in [1.82, 2.24) is 24.6 Å². The fraction of sp³-hybridized carbons (Fsp3) is 0.333. The van der Waals surface area contributed by atoms with Crippen molar-refractivity contribution >= 4 is 12.2 Å². The van der Waals surface area contributed by atoms with E-state index in [1.807, 2.05) is 18.7 Å². The quantitative estimate of drug-likeness (QED) is 0.527. The van der Waals surface area contributed by atoms with Gasteiger partial charge in [0.25, 0.3) is 0 Å². The molecule has 1 aliphatic rings. The average Bonchev–Trinajstić information content (AvgIpc) is 3.26. The number of benzene rings is 1. The number of aryl methyl sites for hydroxylation is 3. The Labute approximate surface area is 168 Å². The second-order valence-electron chi connectivity index (χ2n) is 7.13. The Bertz CT molecular complexity index is 1090. The minimum atomic E-state index is -0.337. The highest BCUT2D eigenvalue weighted by molar-refractivity contribution is 6.05. The molecule has 0 bridgehead atoms. The number of imidazole rings is 1. The smallest absolute Gasteiger partial charge is 0.156 e. The monoisotopic (exact) mass is 393 g/mol. The maximum atomic E-state index is 14.5. The van der Waals surface area contributed by atoms with Gasteiger partial charge in [-0.1, -0.05) is 19.1 Å². The van der Waals surface area contributed by atoms with Gasteiger partial charge in [0, 0.05) is 43.4 Å². The number of nitrogens with one attached hydrogen (secondary N) is 2. The minimum absolute atomic E-state index is 0.337. The molecule has 0 fully saturated rings. The number of H-pyrrole nitrogens is 1. The first-order valence-electron chi connectivity index (χ1n) is 9.70. The SMILES string of the molecule is CCc1nn(C)c2c1CN(/C(=N/C=N)c1[nH]c(C)nc1-c1ccccc1F)CC2. The van der Waals surface area contributed by atoms with E-state index in [1.54, 1.807) is 18.2 Å². The number of hydrogen-bond donors (Lipinski definition) is 2. The summed E-state index contributed by atoms with van der Waals surface area (Å²) in [5.74, 6) is 0.926. The normalized spacial score (nSPS) is 14.2. The molecule has 1 aromatic carbocycles. The highest BCUT2D eigenvalue weighted by Gasteiger charge is 2.28. The minimum Gasteiger partial charge on any atom is -0.350 e. The van der Waals surface area contributed by atoms with Gasteiger partial charge >= 0.3 is 0 Å². The van der Waals surface area contributed by atoms with Crippen molar-refractivity contribution in [2.75, 3.05) is 6.54 Å². The molecular weight excluding hydrogens is 369 g/mol. The molecule has 7 nitrogen and oxygen atoms in total. The van der Waals surface area contributed by atoms with Crippen molar-refractivity contribution in [2.45, 2.75) is 33.2 Å². The molecule has 3 heterocycles. The number of halogens is 1. The van der Waals surface area contributed by atoms with Gasteiger partial charge in [-0.3, -0.25) is 10.1 Å². The van der Waals surface area contributed by atoms with Crippen LogP contribution in [0.4, 0.5) is 4.39 Å². The molecule has 2 N–H and O–H groups in total. The molecule has 0 saturated carbocycles. The van der Waals surface area contributed by atoms with Gasteiger partial charge in [0.2, 0.25) is 0 Å². The Morgan fingerprint density at radius 1 is 1.38 bits per heavy atom. The van der Waals surface area contributed by atoms with Crippen LogP contribution >= 0.6 is 0 Å². The Hall–Kier alpha value is -3.29. The zero-order valence-corrected chi connectivity index (χ0v) is 16.8. The average molecular weight is 393 g/mol. The number of aromatic nitrogens is 4. The lowest BCUT2D eigenvalue weighted by molar-refractivity contribution is 0.387. The Morgan fingerprint density at radius 2 is 2.17 bits per heavy atom. The summed E-state index contributed by atoms with van der Waals surface area (Å²) in [6.07, 6.45) is 2.71. The summed E-state index contributed by atoms with van der Waals surface area (Å²) in [6.45, 7) is 5.31. The van der Waals surface area contributed by atoms with Gasteiger partial charge < -0.3 is 9.88 Å². The van der Waals surface area contributed by atoms with Gasteiger partial charge in [0.1, 0.15) is 29.4 Å². The first-order chi connectivity index (χ1) is 14.0. The van der Waals surface area contributed by atoms with Crippen molar-refractivity contribution in [3.8, 4) is 11.3 Å².